The van der Waals surface area contributed by atoms with Gasteiger partial charge in [-0.15, -0.1) is 0 Å². The van der Waals surface area contributed by atoms with Gasteiger partial charge in [0.2, 0.25) is 11.8 Å². The zero-order valence-corrected chi connectivity index (χ0v) is 18.9. The number of hydrogen-bond acceptors (Lipinski definition) is 5. The summed E-state index contributed by atoms with van der Waals surface area (Å²) in [5, 5.41) is 11.0. The number of benzene rings is 2. The van der Waals surface area contributed by atoms with E-state index in [0.29, 0.717) is 31.0 Å². The lowest BCUT2D eigenvalue weighted by Crippen LogP contribution is -2.29. The summed E-state index contributed by atoms with van der Waals surface area (Å²) in [5.74, 6) is -0.261. The summed E-state index contributed by atoms with van der Waals surface area (Å²) in [4.78, 5) is 24.4. The van der Waals surface area contributed by atoms with Crippen LogP contribution in [0.25, 0.3) is 11.0 Å². The highest BCUT2D eigenvalue weighted by atomic mass is 32.2. The average molecular weight is 449 g/mol. The second kappa shape index (κ2) is 11.9. The van der Waals surface area contributed by atoms with Crippen molar-refractivity contribution >= 4 is 45.9 Å². The lowest BCUT2D eigenvalue weighted by molar-refractivity contribution is -0.119. The molecule has 0 saturated heterocycles. The Labute approximate surface area is 193 Å². The van der Waals surface area contributed by atoms with Crippen molar-refractivity contribution in [2.45, 2.75) is 19.9 Å². The molecule has 6 nitrogen and oxygen atoms in total. The maximum absolute atomic E-state index is 12.4. The highest BCUT2D eigenvalue weighted by Gasteiger charge is 2.08. The van der Waals surface area contributed by atoms with Gasteiger partial charge < -0.3 is 21.7 Å². The molecule has 0 spiro atoms. The van der Waals surface area contributed by atoms with Crippen LogP contribution in [0.2, 0.25) is 0 Å². The normalized spacial score (nSPS) is 13.1. The number of nitrogens with two attached hydrogens (primary N) is 1. The van der Waals surface area contributed by atoms with Gasteiger partial charge in [0.05, 0.1) is 11.4 Å². The molecule has 32 heavy (non-hydrogen) atoms. The third-order valence-corrected chi connectivity index (χ3v) is 5.72. The molecular weight excluding hydrogens is 420 g/mol. The monoisotopic (exact) mass is 448 g/mol. The predicted octanol–water partition coefficient (Wildman–Crippen LogP) is 4.14. The third-order valence-electron chi connectivity index (χ3n) is 4.74. The van der Waals surface area contributed by atoms with Crippen molar-refractivity contribution in [3.63, 3.8) is 0 Å². The molecule has 0 fully saturated rings. The number of thioether (sulfide) groups is 1. The minimum Gasteiger partial charge on any atom is -0.397 e. The van der Waals surface area contributed by atoms with Crippen LogP contribution in [0.3, 0.4) is 0 Å². The lowest BCUT2D eigenvalue weighted by Gasteiger charge is -2.12. The Bertz CT molecular complexity index is 1040. The Hall–Kier alpha value is -3.29. The quantitative estimate of drug-likeness (QED) is 0.263. The highest BCUT2D eigenvalue weighted by Crippen LogP contribution is 2.34. The molecule has 5 N–H and O–H groups in total. The standard InChI is InChI=1S/C25H28N4O2S/c1-18(30)28-14-13-27-17-20-7-5-19(6-8-20)9-12-25(31)29-23-16-21(10-11-22(23)26)24-4-2-3-15-32-24/h3-12,15-16,27H,2,13-14,17,26H2,1H3,(H,28,30)(H,29,31)/b12-9+. The van der Waals surface area contributed by atoms with Gasteiger partial charge in [-0.3, -0.25) is 9.59 Å². The SMILES string of the molecule is CC(=O)NCCNCc1ccc(/C=C/C(=O)Nc2cc(C3=CCC=CS3)ccc2N)cc1. The second-order valence-electron chi connectivity index (χ2n) is 7.32. The molecule has 3 rings (SSSR count). The van der Waals surface area contributed by atoms with Crippen LogP contribution in [0.15, 0.2) is 66.1 Å². The van der Waals surface area contributed by atoms with Gasteiger partial charge in [-0.2, -0.15) is 0 Å². The fourth-order valence-corrected chi connectivity index (χ4v) is 3.87. The first-order chi connectivity index (χ1) is 15.5. The van der Waals surface area contributed by atoms with Gasteiger partial charge in [0, 0.05) is 37.5 Å². The fourth-order valence-electron chi connectivity index (χ4n) is 3.06. The second-order valence-corrected chi connectivity index (χ2v) is 8.27. The summed E-state index contributed by atoms with van der Waals surface area (Å²) < 4.78 is 0. The predicted molar refractivity (Wildman–Crippen MR) is 135 cm³/mol. The van der Waals surface area contributed by atoms with E-state index in [4.69, 9.17) is 5.73 Å². The Morgan fingerprint density at radius 1 is 1.12 bits per heavy atom. The molecule has 1 aliphatic heterocycles. The van der Waals surface area contributed by atoms with Crippen molar-refractivity contribution in [1.29, 1.82) is 0 Å². The van der Waals surface area contributed by atoms with Gasteiger partial charge in [-0.1, -0.05) is 54.2 Å². The summed E-state index contributed by atoms with van der Waals surface area (Å²) in [5.41, 5.74) is 10.3. The summed E-state index contributed by atoms with van der Waals surface area (Å²) >= 11 is 1.66. The molecule has 166 valence electrons. The molecule has 0 aromatic heterocycles. The first-order valence-electron chi connectivity index (χ1n) is 10.5. The van der Waals surface area contributed by atoms with Crippen LogP contribution in [-0.4, -0.2) is 24.9 Å². The highest BCUT2D eigenvalue weighted by molar-refractivity contribution is 8.11. The summed E-state index contributed by atoms with van der Waals surface area (Å²) in [7, 11) is 0. The molecule has 0 radical (unpaired) electrons. The van der Waals surface area contributed by atoms with E-state index < -0.39 is 0 Å². The minimum atomic E-state index is -0.234. The number of carbonyl (C=O) groups is 2. The van der Waals surface area contributed by atoms with Crippen molar-refractivity contribution in [2.24, 2.45) is 0 Å². The number of carbonyl (C=O) groups excluding carboxylic acids is 2. The number of rotatable bonds is 9. The van der Waals surface area contributed by atoms with Gasteiger partial charge in [-0.25, -0.2) is 0 Å². The molecule has 2 amide bonds. The molecule has 0 aliphatic carbocycles. The fraction of sp³-hybridized carbons (Fsp3) is 0.200. The smallest absolute Gasteiger partial charge is 0.248 e. The summed E-state index contributed by atoms with van der Waals surface area (Å²) in [6, 6.07) is 13.6. The minimum absolute atomic E-state index is 0.0274. The van der Waals surface area contributed by atoms with E-state index in [9.17, 15) is 9.59 Å². The van der Waals surface area contributed by atoms with E-state index in [2.05, 4.69) is 33.5 Å². The molecule has 1 aliphatic rings. The van der Waals surface area contributed by atoms with Crippen molar-refractivity contribution < 1.29 is 9.59 Å². The maximum atomic E-state index is 12.4. The summed E-state index contributed by atoms with van der Waals surface area (Å²) in [6.45, 7) is 3.53. The topological polar surface area (TPSA) is 96.2 Å². The van der Waals surface area contributed by atoms with Crippen LogP contribution in [0, 0.1) is 0 Å². The van der Waals surface area contributed by atoms with Crippen LogP contribution < -0.4 is 21.7 Å². The van der Waals surface area contributed by atoms with Gasteiger partial charge in [0.15, 0.2) is 0 Å². The van der Waals surface area contributed by atoms with Crippen LogP contribution in [0.1, 0.15) is 30.0 Å². The van der Waals surface area contributed by atoms with Crippen molar-refractivity contribution in [2.75, 3.05) is 24.1 Å². The maximum Gasteiger partial charge on any atom is 0.248 e. The van der Waals surface area contributed by atoms with E-state index >= 15 is 0 Å². The lowest BCUT2D eigenvalue weighted by atomic mass is 10.1. The number of amides is 2. The summed E-state index contributed by atoms with van der Waals surface area (Å²) in [6.07, 6.45) is 8.45. The number of anilines is 2. The zero-order valence-electron chi connectivity index (χ0n) is 18.1. The van der Waals surface area contributed by atoms with E-state index in [0.717, 1.165) is 28.0 Å². The molecule has 1 heterocycles. The number of nitrogen functional groups attached to an aromatic ring is 1. The van der Waals surface area contributed by atoms with E-state index in [1.807, 2.05) is 42.5 Å². The van der Waals surface area contributed by atoms with E-state index in [-0.39, 0.29) is 11.8 Å². The van der Waals surface area contributed by atoms with E-state index in [1.54, 1.807) is 17.8 Å². The van der Waals surface area contributed by atoms with E-state index in [1.165, 1.54) is 13.0 Å². The van der Waals surface area contributed by atoms with Crippen molar-refractivity contribution in [1.82, 2.24) is 10.6 Å². The molecule has 0 unspecified atom stereocenters. The molecular formula is C25H28N4O2S. The van der Waals surface area contributed by atoms with Crippen molar-refractivity contribution in [3.8, 4) is 0 Å². The number of allylic oxidation sites excluding steroid dienone is 2. The molecule has 0 bridgehead atoms. The van der Waals surface area contributed by atoms with Gasteiger partial charge >= 0.3 is 0 Å². The van der Waals surface area contributed by atoms with Crippen LogP contribution in [-0.2, 0) is 16.1 Å². The first kappa shape index (κ1) is 23.4. The van der Waals surface area contributed by atoms with Crippen LogP contribution in [0.5, 0.6) is 0 Å². The van der Waals surface area contributed by atoms with Crippen LogP contribution >= 0.6 is 11.8 Å². The Kier molecular flexibility index (Phi) is 8.71. The number of hydrogen-bond donors (Lipinski definition) is 4. The third kappa shape index (κ3) is 7.44. The molecule has 2 aromatic rings. The van der Waals surface area contributed by atoms with Gasteiger partial charge in [-0.05, 0) is 46.7 Å². The van der Waals surface area contributed by atoms with Gasteiger partial charge in [0.25, 0.3) is 0 Å². The van der Waals surface area contributed by atoms with Crippen LogP contribution in [0.4, 0.5) is 11.4 Å². The first-order valence-corrected chi connectivity index (χ1v) is 11.3. The Balaban J connectivity index is 1.52. The molecule has 2 aromatic carbocycles. The number of nitrogens with one attached hydrogen (secondary N) is 3. The largest absolute Gasteiger partial charge is 0.397 e. The van der Waals surface area contributed by atoms with Crippen molar-refractivity contribution in [3.05, 3.63) is 82.8 Å². The average Bonchev–Trinajstić information content (AvgIpc) is 2.80. The molecule has 0 saturated carbocycles. The molecule has 0 atom stereocenters. The molecule has 7 heteroatoms. The Morgan fingerprint density at radius 2 is 1.94 bits per heavy atom. The van der Waals surface area contributed by atoms with Gasteiger partial charge in [0.1, 0.15) is 0 Å². The zero-order chi connectivity index (χ0) is 22.8. The Morgan fingerprint density at radius 3 is 2.66 bits per heavy atom.